The van der Waals surface area contributed by atoms with Gasteiger partial charge in [0.1, 0.15) is 0 Å². The van der Waals surface area contributed by atoms with E-state index in [-0.39, 0.29) is 25.6 Å². The first-order chi connectivity index (χ1) is 15.5. The number of aromatic nitrogens is 3. The van der Waals surface area contributed by atoms with Crippen molar-refractivity contribution in [3.05, 3.63) is 29.2 Å². The van der Waals surface area contributed by atoms with E-state index in [1.165, 1.54) is 0 Å². The molecule has 168 valence electrons. The molecule has 0 radical (unpaired) electrons. The lowest BCUT2D eigenvalue weighted by Gasteiger charge is -2.58. The number of carbonyl (C=O) groups excluding carboxylic acids is 2. The topological polar surface area (TPSA) is 117 Å². The first-order valence-corrected chi connectivity index (χ1v) is 11.7. The van der Waals surface area contributed by atoms with E-state index in [0.717, 1.165) is 60.7 Å². The summed E-state index contributed by atoms with van der Waals surface area (Å²) >= 11 is 0. The number of ketones is 1. The van der Waals surface area contributed by atoms with E-state index in [9.17, 15) is 14.7 Å². The van der Waals surface area contributed by atoms with Gasteiger partial charge in [0, 0.05) is 30.1 Å². The van der Waals surface area contributed by atoms with E-state index < -0.39 is 17.3 Å². The first-order valence-electron chi connectivity index (χ1n) is 11.7. The van der Waals surface area contributed by atoms with Crippen LogP contribution in [0.25, 0.3) is 17.0 Å². The van der Waals surface area contributed by atoms with E-state index in [2.05, 4.69) is 27.1 Å². The highest BCUT2D eigenvalue weighted by atomic mass is 16.3. The Kier molecular flexibility index (Phi) is 4.52. The SMILES string of the molecule is O=C(Cc1nn(C2[C@@H]3CC4C[C@H]2CC(O)(C4)C3)c2c3c(ncc12)CC=C3)C(=O)NCCO. The molecule has 0 saturated heterocycles. The monoisotopic (exact) mass is 436 g/mol. The molecule has 2 heterocycles. The summed E-state index contributed by atoms with van der Waals surface area (Å²) in [5, 5.41) is 28.1. The van der Waals surface area contributed by atoms with E-state index in [1.54, 1.807) is 6.20 Å². The molecule has 3 N–H and O–H groups in total. The molecule has 0 aromatic carbocycles. The third-order valence-electron chi connectivity index (χ3n) is 7.99. The third-order valence-corrected chi connectivity index (χ3v) is 7.99. The van der Waals surface area contributed by atoms with Crippen LogP contribution in [0.5, 0.6) is 0 Å². The van der Waals surface area contributed by atoms with Crippen LogP contribution in [0.1, 0.15) is 55.1 Å². The molecule has 2 aromatic rings. The molecular formula is C24H28N4O4. The summed E-state index contributed by atoms with van der Waals surface area (Å²) in [5.41, 5.74) is 3.13. The lowest BCUT2D eigenvalue weighted by molar-refractivity contribution is -0.148. The minimum Gasteiger partial charge on any atom is -0.395 e. The second-order valence-corrected chi connectivity index (χ2v) is 10.1. The molecular weight excluding hydrogens is 408 g/mol. The Bertz CT molecular complexity index is 1140. The van der Waals surface area contributed by atoms with Crippen LogP contribution >= 0.6 is 0 Å². The van der Waals surface area contributed by atoms with Crippen LogP contribution in [0.2, 0.25) is 0 Å². The third kappa shape index (κ3) is 3.03. The summed E-state index contributed by atoms with van der Waals surface area (Å²) in [6, 6.07) is 0.196. The van der Waals surface area contributed by atoms with Crippen LogP contribution in [0.4, 0.5) is 0 Å². The minimum atomic E-state index is -0.701. The molecule has 5 aliphatic rings. The van der Waals surface area contributed by atoms with Crippen LogP contribution in [0.3, 0.4) is 0 Å². The number of nitrogens with zero attached hydrogens (tertiary/aromatic N) is 3. The van der Waals surface area contributed by atoms with Crippen molar-refractivity contribution in [1.82, 2.24) is 20.1 Å². The van der Waals surface area contributed by atoms with Crippen molar-refractivity contribution in [3.63, 3.8) is 0 Å². The molecule has 32 heavy (non-hydrogen) atoms. The van der Waals surface area contributed by atoms with Crippen molar-refractivity contribution in [1.29, 1.82) is 0 Å². The van der Waals surface area contributed by atoms with Crippen LogP contribution in [-0.2, 0) is 22.4 Å². The Hall–Kier alpha value is -2.58. The van der Waals surface area contributed by atoms with Gasteiger partial charge in [0.25, 0.3) is 5.91 Å². The molecule has 1 amide bonds. The lowest BCUT2D eigenvalue weighted by atomic mass is 9.52. The number of pyridine rings is 1. The molecule has 5 aliphatic carbocycles. The molecule has 4 fully saturated rings. The van der Waals surface area contributed by atoms with Crippen molar-refractivity contribution in [3.8, 4) is 0 Å². The number of carbonyl (C=O) groups is 2. The molecule has 8 nitrogen and oxygen atoms in total. The van der Waals surface area contributed by atoms with Crippen molar-refractivity contribution in [2.75, 3.05) is 13.2 Å². The molecule has 3 unspecified atom stereocenters. The number of aliphatic hydroxyl groups excluding tert-OH is 1. The number of hydrogen-bond acceptors (Lipinski definition) is 6. The first kappa shape index (κ1) is 20.1. The maximum Gasteiger partial charge on any atom is 0.287 e. The smallest absolute Gasteiger partial charge is 0.287 e. The number of Topliss-reactive ketones (excluding diaryl/α,β-unsaturated/α-hetero) is 1. The van der Waals surface area contributed by atoms with Crippen LogP contribution < -0.4 is 5.32 Å². The van der Waals surface area contributed by atoms with E-state index >= 15 is 0 Å². The molecule has 4 saturated carbocycles. The average molecular weight is 437 g/mol. The minimum absolute atomic E-state index is 0.0507. The number of hydrogen-bond donors (Lipinski definition) is 3. The van der Waals surface area contributed by atoms with E-state index in [0.29, 0.717) is 23.4 Å². The van der Waals surface area contributed by atoms with Gasteiger partial charge < -0.3 is 15.5 Å². The maximum atomic E-state index is 12.6. The molecule has 2 aromatic heterocycles. The predicted octanol–water partition coefficient (Wildman–Crippen LogP) is 1.33. The van der Waals surface area contributed by atoms with Crippen molar-refractivity contribution in [2.24, 2.45) is 17.8 Å². The highest BCUT2D eigenvalue weighted by molar-refractivity contribution is 6.36. The van der Waals surface area contributed by atoms with Crippen LogP contribution in [0.15, 0.2) is 12.3 Å². The van der Waals surface area contributed by atoms with Crippen molar-refractivity contribution in [2.45, 2.75) is 56.6 Å². The number of aliphatic hydroxyl groups is 2. The predicted molar refractivity (Wildman–Crippen MR) is 117 cm³/mol. The molecule has 4 bridgehead atoms. The second-order valence-electron chi connectivity index (χ2n) is 10.1. The van der Waals surface area contributed by atoms with Gasteiger partial charge in [0.05, 0.1) is 41.6 Å². The fraction of sp³-hybridized carbons (Fsp3) is 0.583. The summed E-state index contributed by atoms with van der Waals surface area (Å²) in [7, 11) is 0. The summed E-state index contributed by atoms with van der Waals surface area (Å²) in [4.78, 5) is 29.3. The Morgan fingerprint density at radius 3 is 2.72 bits per heavy atom. The highest BCUT2D eigenvalue weighted by Crippen LogP contribution is 2.60. The zero-order valence-electron chi connectivity index (χ0n) is 18.0. The lowest BCUT2D eigenvalue weighted by Crippen LogP contribution is -2.55. The average Bonchev–Trinajstić information content (AvgIpc) is 3.35. The fourth-order valence-corrected chi connectivity index (χ4v) is 7.07. The van der Waals surface area contributed by atoms with Gasteiger partial charge in [-0.05, 0) is 49.9 Å². The van der Waals surface area contributed by atoms with Gasteiger partial charge in [-0.15, -0.1) is 0 Å². The second kappa shape index (κ2) is 7.22. The number of rotatable bonds is 6. The maximum absolute atomic E-state index is 12.6. The van der Waals surface area contributed by atoms with Gasteiger partial charge in [0.15, 0.2) is 0 Å². The Labute approximate surface area is 185 Å². The zero-order chi connectivity index (χ0) is 22.0. The number of allylic oxidation sites excluding steroid dienone is 1. The fourth-order valence-electron chi connectivity index (χ4n) is 7.07. The molecule has 0 spiro atoms. The van der Waals surface area contributed by atoms with Gasteiger partial charge in [-0.3, -0.25) is 19.3 Å². The quantitative estimate of drug-likeness (QED) is 0.588. The summed E-state index contributed by atoms with van der Waals surface area (Å²) in [5.74, 6) is 0.0760. The molecule has 5 atom stereocenters. The number of amides is 1. The largest absolute Gasteiger partial charge is 0.395 e. The highest BCUT2D eigenvalue weighted by Gasteiger charge is 2.56. The Morgan fingerprint density at radius 1 is 1.22 bits per heavy atom. The summed E-state index contributed by atoms with van der Waals surface area (Å²) in [6.45, 7) is -0.161. The van der Waals surface area contributed by atoms with Crippen molar-refractivity contribution >= 4 is 28.7 Å². The number of nitrogens with one attached hydrogen (secondary N) is 1. The van der Waals surface area contributed by atoms with Gasteiger partial charge in [-0.1, -0.05) is 12.2 Å². The van der Waals surface area contributed by atoms with Crippen molar-refractivity contribution < 1.29 is 19.8 Å². The van der Waals surface area contributed by atoms with Crippen LogP contribution in [0, 0.1) is 17.8 Å². The summed E-state index contributed by atoms with van der Waals surface area (Å²) < 4.78 is 2.12. The van der Waals surface area contributed by atoms with E-state index in [4.69, 9.17) is 10.2 Å². The van der Waals surface area contributed by atoms with Gasteiger partial charge >= 0.3 is 0 Å². The normalized spacial score (nSPS) is 31.9. The Balaban J connectivity index is 1.42. The van der Waals surface area contributed by atoms with Gasteiger partial charge in [-0.25, -0.2) is 0 Å². The van der Waals surface area contributed by atoms with E-state index in [1.807, 2.05) is 0 Å². The summed E-state index contributed by atoms with van der Waals surface area (Å²) in [6.07, 6.45) is 11.5. The zero-order valence-corrected chi connectivity index (χ0v) is 18.0. The number of fused-ring (bicyclic) bond motifs is 3. The Morgan fingerprint density at radius 2 is 2.00 bits per heavy atom. The van der Waals surface area contributed by atoms with Crippen LogP contribution in [-0.4, -0.2) is 55.4 Å². The molecule has 8 heteroatoms. The van der Waals surface area contributed by atoms with Gasteiger partial charge in [0.2, 0.25) is 5.78 Å². The molecule has 0 aliphatic heterocycles. The molecule has 7 rings (SSSR count). The van der Waals surface area contributed by atoms with Gasteiger partial charge in [-0.2, -0.15) is 5.10 Å². The standard InChI is InChI=1S/C24H28N4O4/c29-5-4-25-23(31)20(30)8-19-17-12-26-18-3-1-2-16(18)22(17)28(27-19)21-14-6-13-7-15(21)11-24(32,9-13)10-14/h1-2,12-15,21,29,32H,3-11H2,(H,25,31)/t13?,14-,15+,21?,24?.